The zero-order chi connectivity index (χ0) is 10.5. The Morgan fingerprint density at radius 2 is 2.20 bits per heavy atom. The van der Waals surface area contributed by atoms with E-state index < -0.39 is 0 Å². The molecule has 0 atom stereocenters. The molecule has 0 amide bonds. The molecule has 0 bridgehead atoms. The zero-order valence-electron chi connectivity index (χ0n) is 9.03. The van der Waals surface area contributed by atoms with Gasteiger partial charge < -0.3 is 10.1 Å². The molecule has 0 radical (unpaired) electrons. The Labute approximate surface area is 94.1 Å². The SMILES string of the molecule is CCCOCc1nnc(CNC2CC2)s1. The first kappa shape index (κ1) is 11.0. The van der Waals surface area contributed by atoms with Gasteiger partial charge in [0.25, 0.3) is 0 Å². The fourth-order valence-electron chi connectivity index (χ4n) is 1.24. The second kappa shape index (κ2) is 5.53. The van der Waals surface area contributed by atoms with E-state index in [0.29, 0.717) is 6.61 Å². The van der Waals surface area contributed by atoms with Crippen LogP contribution in [0.2, 0.25) is 0 Å². The van der Waals surface area contributed by atoms with Crippen LogP contribution in [0.25, 0.3) is 0 Å². The highest BCUT2D eigenvalue weighted by Gasteiger charge is 2.20. The van der Waals surface area contributed by atoms with Crippen LogP contribution in [0.3, 0.4) is 0 Å². The van der Waals surface area contributed by atoms with Gasteiger partial charge in [0.1, 0.15) is 16.6 Å². The fourth-order valence-corrected chi connectivity index (χ4v) is 1.97. The van der Waals surface area contributed by atoms with Crippen LogP contribution in [-0.2, 0) is 17.9 Å². The van der Waals surface area contributed by atoms with E-state index in [9.17, 15) is 0 Å². The molecule has 5 heteroatoms. The number of nitrogens with zero attached hydrogens (tertiary/aromatic N) is 2. The Kier molecular flexibility index (Phi) is 4.05. The molecule has 0 spiro atoms. The molecule has 0 aliphatic heterocycles. The minimum absolute atomic E-state index is 0.606. The molecule has 1 fully saturated rings. The number of rotatable bonds is 7. The van der Waals surface area contributed by atoms with Crippen molar-refractivity contribution in [1.82, 2.24) is 15.5 Å². The molecule has 84 valence electrons. The second-order valence-electron chi connectivity index (χ2n) is 3.80. The Morgan fingerprint density at radius 3 is 2.93 bits per heavy atom. The van der Waals surface area contributed by atoms with Gasteiger partial charge in [-0.1, -0.05) is 18.3 Å². The van der Waals surface area contributed by atoms with Crippen LogP contribution >= 0.6 is 11.3 Å². The largest absolute Gasteiger partial charge is 0.374 e. The second-order valence-corrected chi connectivity index (χ2v) is 4.94. The summed E-state index contributed by atoms with van der Waals surface area (Å²) in [4.78, 5) is 0. The van der Waals surface area contributed by atoms with Gasteiger partial charge in [-0.05, 0) is 19.3 Å². The summed E-state index contributed by atoms with van der Waals surface area (Å²) < 4.78 is 5.41. The zero-order valence-corrected chi connectivity index (χ0v) is 9.85. The third-order valence-electron chi connectivity index (χ3n) is 2.20. The normalized spacial score (nSPS) is 15.8. The maximum absolute atomic E-state index is 5.41. The van der Waals surface area contributed by atoms with Gasteiger partial charge >= 0.3 is 0 Å². The van der Waals surface area contributed by atoms with Gasteiger partial charge in [0.05, 0.1) is 0 Å². The Bertz CT molecular complexity index is 299. The van der Waals surface area contributed by atoms with Crippen LogP contribution in [0, 0.1) is 0 Å². The lowest BCUT2D eigenvalue weighted by Crippen LogP contribution is -2.14. The highest BCUT2D eigenvalue weighted by atomic mass is 32.1. The Hall–Kier alpha value is -0.520. The van der Waals surface area contributed by atoms with Crippen molar-refractivity contribution in [2.75, 3.05) is 6.61 Å². The van der Waals surface area contributed by atoms with E-state index in [1.165, 1.54) is 12.8 Å². The van der Waals surface area contributed by atoms with Crippen LogP contribution in [0.5, 0.6) is 0 Å². The first-order chi connectivity index (χ1) is 7.38. The van der Waals surface area contributed by atoms with Gasteiger partial charge in [-0.25, -0.2) is 0 Å². The molecule has 1 aliphatic carbocycles. The van der Waals surface area contributed by atoms with Gasteiger partial charge in [-0.3, -0.25) is 0 Å². The molecule has 1 saturated carbocycles. The predicted octanol–water partition coefficient (Wildman–Crippen LogP) is 1.72. The summed E-state index contributed by atoms with van der Waals surface area (Å²) in [6.07, 6.45) is 3.67. The number of ether oxygens (including phenoxy) is 1. The predicted molar refractivity (Wildman–Crippen MR) is 59.7 cm³/mol. The van der Waals surface area contributed by atoms with Crippen molar-refractivity contribution in [3.05, 3.63) is 10.0 Å². The van der Waals surface area contributed by atoms with Crippen molar-refractivity contribution in [2.24, 2.45) is 0 Å². The summed E-state index contributed by atoms with van der Waals surface area (Å²) in [6, 6.07) is 0.730. The van der Waals surface area contributed by atoms with Crippen molar-refractivity contribution in [1.29, 1.82) is 0 Å². The van der Waals surface area contributed by atoms with E-state index in [2.05, 4.69) is 22.4 Å². The van der Waals surface area contributed by atoms with Gasteiger partial charge in [0.15, 0.2) is 0 Å². The molecule has 15 heavy (non-hydrogen) atoms. The lowest BCUT2D eigenvalue weighted by atomic mass is 10.5. The van der Waals surface area contributed by atoms with Gasteiger partial charge in [-0.2, -0.15) is 0 Å². The summed E-state index contributed by atoms with van der Waals surface area (Å²) in [6.45, 7) is 4.37. The first-order valence-corrected chi connectivity index (χ1v) is 6.32. The molecule has 0 unspecified atom stereocenters. The summed E-state index contributed by atoms with van der Waals surface area (Å²) >= 11 is 1.64. The highest BCUT2D eigenvalue weighted by Crippen LogP contribution is 2.20. The maximum atomic E-state index is 5.41. The van der Waals surface area contributed by atoms with Gasteiger partial charge in [0.2, 0.25) is 0 Å². The van der Waals surface area contributed by atoms with Crippen molar-refractivity contribution in [3.63, 3.8) is 0 Å². The third-order valence-corrected chi connectivity index (χ3v) is 3.10. The monoisotopic (exact) mass is 227 g/mol. The van der Waals surface area contributed by atoms with E-state index in [4.69, 9.17) is 4.74 Å². The summed E-state index contributed by atoms with van der Waals surface area (Å²) in [5.74, 6) is 0. The topological polar surface area (TPSA) is 47.0 Å². The van der Waals surface area contributed by atoms with Crippen molar-refractivity contribution < 1.29 is 4.74 Å². The van der Waals surface area contributed by atoms with E-state index in [-0.39, 0.29) is 0 Å². The third kappa shape index (κ3) is 3.85. The molecular formula is C10H17N3OS. The standard InChI is InChI=1S/C10H17N3OS/c1-2-5-14-7-10-13-12-9(15-10)6-11-8-3-4-8/h8,11H,2-7H2,1H3. The molecule has 1 heterocycles. The molecule has 0 saturated heterocycles. The number of nitrogens with one attached hydrogen (secondary N) is 1. The summed E-state index contributed by atoms with van der Waals surface area (Å²) in [5, 5.41) is 13.7. The highest BCUT2D eigenvalue weighted by molar-refractivity contribution is 7.11. The average Bonchev–Trinajstić information content (AvgIpc) is 2.97. The molecule has 2 rings (SSSR count). The van der Waals surface area contributed by atoms with Crippen molar-refractivity contribution in [3.8, 4) is 0 Å². The maximum Gasteiger partial charge on any atom is 0.143 e. The molecule has 1 aromatic heterocycles. The number of aromatic nitrogens is 2. The summed E-state index contributed by atoms with van der Waals surface area (Å²) in [7, 11) is 0. The van der Waals surface area contributed by atoms with E-state index in [1.807, 2.05) is 0 Å². The Balaban J connectivity index is 1.70. The average molecular weight is 227 g/mol. The summed E-state index contributed by atoms with van der Waals surface area (Å²) in [5.41, 5.74) is 0. The lowest BCUT2D eigenvalue weighted by Gasteiger charge is -1.97. The van der Waals surface area contributed by atoms with E-state index >= 15 is 0 Å². The van der Waals surface area contributed by atoms with Crippen molar-refractivity contribution >= 4 is 11.3 Å². The quantitative estimate of drug-likeness (QED) is 0.720. The first-order valence-electron chi connectivity index (χ1n) is 5.51. The molecule has 1 aliphatic rings. The van der Waals surface area contributed by atoms with Crippen LogP contribution in [-0.4, -0.2) is 22.8 Å². The molecule has 4 nitrogen and oxygen atoms in total. The molecular weight excluding hydrogens is 210 g/mol. The molecule has 1 aromatic rings. The number of hydrogen-bond acceptors (Lipinski definition) is 5. The molecule has 0 aromatic carbocycles. The minimum Gasteiger partial charge on any atom is -0.374 e. The van der Waals surface area contributed by atoms with Crippen LogP contribution in [0.15, 0.2) is 0 Å². The van der Waals surface area contributed by atoms with E-state index in [0.717, 1.165) is 35.6 Å². The lowest BCUT2D eigenvalue weighted by molar-refractivity contribution is 0.121. The van der Waals surface area contributed by atoms with Gasteiger partial charge in [-0.15, -0.1) is 10.2 Å². The number of hydrogen-bond donors (Lipinski definition) is 1. The minimum atomic E-state index is 0.606. The van der Waals surface area contributed by atoms with Crippen LogP contribution < -0.4 is 5.32 Å². The fraction of sp³-hybridized carbons (Fsp3) is 0.800. The smallest absolute Gasteiger partial charge is 0.143 e. The van der Waals surface area contributed by atoms with Crippen molar-refractivity contribution in [2.45, 2.75) is 45.4 Å². The van der Waals surface area contributed by atoms with Crippen LogP contribution in [0.4, 0.5) is 0 Å². The molecule has 1 N–H and O–H groups in total. The van der Waals surface area contributed by atoms with Crippen LogP contribution in [0.1, 0.15) is 36.2 Å². The van der Waals surface area contributed by atoms with Gasteiger partial charge in [0, 0.05) is 19.2 Å². The Morgan fingerprint density at radius 1 is 1.40 bits per heavy atom. The van der Waals surface area contributed by atoms with E-state index in [1.54, 1.807) is 11.3 Å².